The van der Waals surface area contributed by atoms with Crippen LogP contribution in [0.5, 0.6) is 0 Å². The maximum Gasteiger partial charge on any atom is 0.275 e. The van der Waals surface area contributed by atoms with Crippen molar-refractivity contribution in [3.63, 3.8) is 0 Å². The lowest BCUT2D eigenvalue weighted by atomic mass is 10.0. The molecule has 4 rings (SSSR count). The van der Waals surface area contributed by atoms with Gasteiger partial charge in [-0.25, -0.2) is 4.98 Å². The molecule has 0 aliphatic heterocycles. The Labute approximate surface area is 178 Å². The second-order valence-electron chi connectivity index (χ2n) is 6.29. The van der Waals surface area contributed by atoms with E-state index >= 15 is 0 Å². The standard InChI is InChI=1S/C23H15Cl2N3O/c24-17-10-6-15(7-11-17)21-22(16-8-12-18(25)13-9-16)28-20(14-26-21)23(29)27-19-4-2-1-3-5-19/h1-14H,(H,27,29). The van der Waals surface area contributed by atoms with E-state index in [4.69, 9.17) is 23.2 Å². The third-order valence-electron chi connectivity index (χ3n) is 4.27. The predicted octanol–water partition coefficient (Wildman–Crippen LogP) is 6.37. The number of carbonyl (C=O) groups excluding carboxylic acids is 1. The Morgan fingerprint density at radius 1 is 0.724 bits per heavy atom. The summed E-state index contributed by atoms with van der Waals surface area (Å²) in [4.78, 5) is 21.8. The average Bonchev–Trinajstić information content (AvgIpc) is 2.75. The van der Waals surface area contributed by atoms with Crippen LogP contribution in [-0.4, -0.2) is 15.9 Å². The van der Waals surface area contributed by atoms with Crippen molar-refractivity contribution in [2.75, 3.05) is 5.32 Å². The van der Waals surface area contributed by atoms with Gasteiger partial charge in [-0.05, 0) is 36.4 Å². The van der Waals surface area contributed by atoms with Gasteiger partial charge in [0.2, 0.25) is 0 Å². The van der Waals surface area contributed by atoms with Crippen molar-refractivity contribution in [1.29, 1.82) is 0 Å². The number of halogens is 2. The Kier molecular flexibility index (Phi) is 5.56. The maximum absolute atomic E-state index is 12.7. The van der Waals surface area contributed by atoms with Gasteiger partial charge in [-0.3, -0.25) is 9.78 Å². The van der Waals surface area contributed by atoms with Crippen molar-refractivity contribution < 1.29 is 4.79 Å². The predicted molar refractivity (Wildman–Crippen MR) is 117 cm³/mol. The summed E-state index contributed by atoms with van der Waals surface area (Å²) in [6, 6.07) is 23.8. The number of aromatic nitrogens is 2. The fraction of sp³-hybridized carbons (Fsp3) is 0. The first-order valence-electron chi connectivity index (χ1n) is 8.85. The van der Waals surface area contributed by atoms with Crippen LogP contribution in [0.2, 0.25) is 10.0 Å². The minimum Gasteiger partial charge on any atom is -0.321 e. The summed E-state index contributed by atoms with van der Waals surface area (Å²) in [5.41, 5.74) is 3.80. The van der Waals surface area contributed by atoms with Crippen molar-refractivity contribution >= 4 is 34.8 Å². The van der Waals surface area contributed by atoms with E-state index in [0.717, 1.165) is 11.1 Å². The quantitative estimate of drug-likeness (QED) is 0.417. The summed E-state index contributed by atoms with van der Waals surface area (Å²) in [6.45, 7) is 0. The van der Waals surface area contributed by atoms with E-state index in [1.54, 1.807) is 24.3 Å². The van der Waals surface area contributed by atoms with Gasteiger partial charge in [-0.2, -0.15) is 0 Å². The van der Waals surface area contributed by atoms with Crippen LogP contribution in [0.15, 0.2) is 85.1 Å². The molecule has 1 N–H and O–H groups in total. The third-order valence-corrected chi connectivity index (χ3v) is 4.78. The normalized spacial score (nSPS) is 10.6. The number of para-hydroxylation sites is 1. The van der Waals surface area contributed by atoms with Crippen molar-refractivity contribution in [1.82, 2.24) is 9.97 Å². The summed E-state index contributed by atoms with van der Waals surface area (Å²) < 4.78 is 0. The monoisotopic (exact) mass is 419 g/mol. The number of hydrogen-bond donors (Lipinski definition) is 1. The highest BCUT2D eigenvalue weighted by Crippen LogP contribution is 2.30. The molecule has 0 radical (unpaired) electrons. The summed E-state index contributed by atoms with van der Waals surface area (Å²) >= 11 is 12.0. The van der Waals surface area contributed by atoms with Crippen LogP contribution in [0, 0.1) is 0 Å². The van der Waals surface area contributed by atoms with Gasteiger partial charge in [0, 0.05) is 26.9 Å². The van der Waals surface area contributed by atoms with E-state index in [-0.39, 0.29) is 11.6 Å². The molecule has 0 atom stereocenters. The number of anilines is 1. The molecule has 1 aromatic heterocycles. The summed E-state index contributed by atoms with van der Waals surface area (Å²) in [5, 5.41) is 4.08. The Bertz CT molecular complexity index is 1150. The van der Waals surface area contributed by atoms with Crippen LogP contribution in [0.1, 0.15) is 10.5 Å². The van der Waals surface area contributed by atoms with E-state index in [9.17, 15) is 4.79 Å². The highest BCUT2D eigenvalue weighted by atomic mass is 35.5. The number of rotatable bonds is 4. The molecule has 0 aliphatic rings. The number of carbonyl (C=O) groups is 1. The Balaban J connectivity index is 1.77. The number of nitrogens with zero attached hydrogens (tertiary/aromatic N) is 2. The summed E-state index contributed by atoms with van der Waals surface area (Å²) in [5.74, 6) is -0.332. The Hall–Kier alpha value is -3.21. The van der Waals surface area contributed by atoms with Gasteiger partial charge in [0.15, 0.2) is 0 Å². The van der Waals surface area contributed by atoms with Crippen LogP contribution in [0.25, 0.3) is 22.5 Å². The molecule has 0 bridgehead atoms. The van der Waals surface area contributed by atoms with E-state index in [1.165, 1.54) is 6.20 Å². The molecule has 1 amide bonds. The number of benzene rings is 3. The molecule has 3 aromatic carbocycles. The highest BCUT2D eigenvalue weighted by Gasteiger charge is 2.16. The minimum atomic E-state index is -0.332. The first kappa shape index (κ1) is 19.1. The number of nitrogens with one attached hydrogen (secondary N) is 1. The van der Waals surface area contributed by atoms with Gasteiger partial charge in [0.25, 0.3) is 5.91 Å². The van der Waals surface area contributed by atoms with E-state index in [0.29, 0.717) is 27.1 Å². The van der Waals surface area contributed by atoms with Crippen LogP contribution < -0.4 is 5.32 Å². The zero-order valence-corrected chi connectivity index (χ0v) is 16.7. The topological polar surface area (TPSA) is 54.9 Å². The molecule has 6 heteroatoms. The maximum atomic E-state index is 12.7. The van der Waals surface area contributed by atoms with Gasteiger partial charge in [0.05, 0.1) is 17.6 Å². The molecular weight excluding hydrogens is 405 g/mol. The third kappa shape index (κ3) is 4.45. The molecule has 29 heavy (non-hydrogen) atoms. The van der Waals surface area contributed by atoms with Crippen molar-refractivity contribution in [2.24, 2.45) is 0 Å². The largest absolute Gasteiger partial charge is 0.321 e. The second kappa shape index (κ2) is 8.43. The minimum absolute atomic E-state index is 0.219. The first-order chi connectivity index (χ1) is 14.1. The van der Waals surface area contributed by atoms with Crippen LogP contribution in [0.4, 0.5) is 5.69 Å². The van der Waals surface area contributed by atoms with E-state index < -0.39 is 0 Å². The first-order valence-corrected chi connectivity index (χ1v) is 9.61. The van der Waals surface area contributed by atoms with Crippen LogP contribution >= 0.6 is 23.2 Å². The molecule has 0 spiro atoms. The molecule has 142 valence electrons. The Morgan fingerprint density at radius 3 is 1.86 bits per heavy atom. The number of amides is 1. The molecule has 0 fully saturated rings. The fourth-order valence-corrected chi connectivity index (χ4v) is 3.10. The fourth-order valence-electron chi connectivity index (χ4n) is 2.84. The van der Waals surface area contributed by atoms with Crippen LogP contribution in [-0.2, 0) is 0 Å². The molecule has 0 saturated heterocycles. The van der Waals surface area contributed by atoms with Crippen molar-refractivity contribution in [3.8, 4) is 22.5 Å². The highest BCUT2D eigenvalue weighted by molar-refractivity contribution is 6.31. The molecule has 4 nitrogen and oxygen atoms in total. The molecule has 0 aliphatic carbocycles. The zero-order chi connectivity index (χ0) is 20.2. The molecule has 4 aromatic rings. The van der Waals surface area contributed by atoms with Gasteiger partial charge in [-0.15, -0.1) is 0 Å². The van der Waals surface area contributed by atoms with Crippen LogP contribution in [0.3, 0.4) is 0 Å². The second-order valence-corrected chi connectivity index (χ2v) is 7.16. The zero-order valence-electron chi connectivity index (χ0n) is 15.1. The SMILES string of the molecule is O=C(Nc1ccccc1)c1cnc(-c2ccc(Cl)cc2)c(-c2ccc(Cl)cc2)n1. The summed E-state index contributed by atoms with van der Waals surface area (Å²) in [7, 11) is 0. The van der Waals surface area contributed by atoms with E-state index in [2.05, 4.69) is 15.3 Å². The van der Waals surface area contributed by atoms with E-state index in [1.807, 2.05) is 54.6 Å². The van der Waals surface area contributed by atoms with Gasteiger partial charge < -0.3 is 5.32 Å². The number of hydrogen-bond acceptors (Lipinski definition) is 3. The lowest BCUT2D eigenvalue weighted by molar-refractivity contribution is 0.102. The molecule has 0 unspecified atom stereocenters. The smallest absolute Gasteiger partial charge is 0.275 e. The summed E-state index contributed by atoms with van der Waals surface area (Å²) in [6.07, 6.45) is 1.47. The lowest BCUT2D eigenvalue weighted by Gasteiger charge is -2.11. The van der Waals surface area contributed by atoms with Gasteiger partial charge in [0.1, 0.15) is 5.69 Å². The average molecular weight is 420 g/mol. The molecular formula is C23H15Cl2N3O. The molecule has 0 saturated carbocycles. The van der Waals surface area contributed by atoms with Gasteiger partial charge in [-0.1, -0.05) is 65.7 Å². The van der Waals surface area contributed by atoms with Gasteiger partial charge >= 0.3 is 0 Å². The molecule has 1 heterocycles. The van der Waals surface area contributed by atoms with Crippen molar-refractivity contribution in [2.45, 2.75) is 0 Å². The Morgan fingerprint density at radius 2 is 1.28 bits per heavy atom. The van der Waals surface area contributed by atoms with Crippen molar-refractivity contribution in [3.05, 3.63) is 101 Å². The lowest BCUT2D eigenvalue weighted by Crippen LogP contribution is -2.15.